The minimum atomic E-state index is -3.42. The van der Waals surface area contributed by atoms with Gasteiger partial charge in [-0.1, -0.05) is 13.3 Å². The summed E-state index contributed by atoms with van der Waals surface area (Å²) in [7, 11) is -1.56. The maximum absolute atomic E-state index is 12.5. The van der Waals surface area contributed by atoms with Gasteiger partial charge in [0.2, 0.25) is 0 Å². The quantitative estimate of drug-likeness (QED) is 0.786. The van der Waals surface area contributed by atoms with E-state index < -0.39 is 10.2 Å². The fourth-order valence-corrected chi connectivity index (χ4v) is 4.88. The van der Waals surface area contributed by atoms with Crippen LogP contribution in [-0.4, -0.2) is 50.4 Å². The summed E-state index contributed by atoms with van der Waals surface area (Å²) in [5.41, 5.74) is 0. The molecule has 0 bridgehead atoms. The van der Waals surface area contributed by atoms with Crippen LogP contribution in [0.2, 0.25) is 0 Å². The van der Waals surface area contributed by atoms with Gasteiger partial charge < -0.3 is 5.32 Å². The molecule has 1 saturated heterocycles. The highest BCUT2D eigenvalue weighted by molar-refractivity contribution is 7.87. The van der Waals surface area contributed by atoms with E-state index in [4.69, 9.17) is 0 Å². The number of likely N-dealkylation sites (N-methyl/N-ethyl adjacent to an activating group) is 1. The Hall–Kier alpha value is -0.540. The molecule has 2 rings (SSSR count). The molecule has 1 aliphatic rings. The standard InChI is InChI=1S/C13H24N4O2S2/c1-11(13-15-6-8-20-13)9-16-21(18,19)17-7-4-3-5-12(17)10-14-2/h6,8,11-12,14,16H,3-5,7,9-10H2,1-2H3. The van der Waals surface area contributed by atoms with Crippen LogP contribution in [0.15, 0.2) is 11.6 Å². The number of hydrogen-bond donors (Lipinski definition) is 2. The lowest BCUT2D eigenvalue weighted by Gasteiger charge is -2.34. The molecule has 0 radical (unpaired) electrons. The van der Waals surface area contributed by atoms with Crippen molar-refractivity contribution in [2.75, 3.05) is 26.7 Å². The first-order chi connectivity index (χ1) is 10.0. The first-order valence-electron chi connectivity index (χ1n) is 7.35. The smallest absolute Gasteiger partial charge is 0.279 e. The van der Waals surface area contributed by atoms with E-state index >= 15 is 0 Å². The van der Waals surface area contributed by atoms with Gasteiger partial charge in [-0.25, -0.2) is 9.71 Å². The Morgan fingerprint density at radius 3 is 3.00 bits per heavy atom. The second kappa shape index (κ2) is 7.64. The SMILES string of the molecule is CNCC1CCCCN1S(=O)(=O)NCC(C)c1nccs1. The van der Waals surface area contributed by atoms with Gasteiger partial charge in [-0.05, 0) is 19.9 Å². The Morgan fingerprint density at radius 2 is 2.33 bits per heavy atom. The molecule has 0 spiro atoms. The van der Waals surface area contributed by atoms with Crippen LogP contribution >= 0.6 is 11.3 Å². The summed E-state index contributed by atoms with van der Waals surface area (Å²) >= 11 is 1.56. The van der Waals surface area contributed by atoms with E-state index in [1.165, 1.54) is 0 Å². The molecule has 1 aromatic rings. The minimum absolute atomic E-state index is 0.0522. The number of piperidine rings is 1. The van der Waals surface area contributed by atoms with Crippen molar-refractivity contribution in [3.8, 4) is 0 Å². The van der Waals surface area contributed by atoms with Crippen molar-refractivity contribution in [3.05, 3.63) is 16.6 Å². The molecule has 0 aliphatic carbocycles. The topological polar surface area (TPSA) is 74.3 Å². The number of aromatic nitrogens is 1. The number of nitrogens with one attached hydrogen (secondary N) is 2. The summed E-state index contributed by atoms with van der Waals surface area (Å²) in [5, 5.41) is 5.96. The molecule has 2 unspecified atom stereocenters. The van der Waals surface area contributed by atoms with E-state index in [1.807, 2.05) is 19.4 Å². The lowest BCUT2D eigenvalue weighted by atomic mass is 10.1. The van der Waals surface area contributed by atoms with Crippen LogP contribution in [0.1, 0.15) is 37.1 Å². The highest BCUT2D eigenvalue weighted by atomic mass is 32.2. The zero-order valence-corrected chi connectivity index (χ0v) is 14.2. The fourth-order valence-electron chi connectivity index (χ4n) is 2.61. The first kappa shape index (κ1) is 16.8. The molecule has 0 amide bonds. The van der Waals surface area contributed by atoms with E-state index in [0.717, 1.165) is 24.3 Å². The first-order valence-corrected chi connectivity index (χ1v) is 9.67. The Bertz CT molecular complexity index is 516. The van der Waals surface area contributed by atoms with Crippen LogP contribution in [0.5, 0.6) is 0 Å². The Morgan fingerprint density at radius 1 is 1.52 bits per heavy atom. The molecule has 0 saturated carbocycles. The van der Waals surface area contributed by atoms with Gasteiger partial charge in [0.15, 0.2) is 0 Å². The van der Waals surface area contributed by atoms with Gasteiger partial charge in [0.1, 0.15) is 0 Å². The van der Waals surface area contributed by atoms with Crippen LogP contribution < -0.4 is 10.0 Å². The number of nitrogens with zero attached hydrogens (tertiary/aromatic N) is 2. The average molecular weight is 332 g/mol. The fraction of sp³-hybridized carbons (Fsp3) is 0.769. The largest absolute Gasteiger partial charge is 0.318 e. The van der Waals surface area contributed by atoms with Crippen LogP contribution in [0.25, 0.3) is 0 Å². The van der Waals surface area contributed by atoms with Gasteiger partial charge in [0, 0.05) is 43.2 Å². The summed E-state index contributed by atoms with van der Waals surface area (Å²) < 4.78 is 29.4. The van der Waals surface area contributed by atoms with Crippen molar-refractivity contribution >= 4 is 21.5 Å². The van der Waals surface area contributed by atoms with Crippen molar-refractivity contribution in [2.24, 2.45) is 0 Å². The van der Waals surface area contributed by atoms with Gasteiger partial charge in [0.25, 0.3) is 10.2 Å². The molecule has 2 N–H and O–H groups in total. The van der Waals surface area contributed by atoms with Gasteiger partial charge in [-0.2, -0.15) is 12.7 Å². The molecule has 6 nitrogen and oxygen atoms in total. The third-order valence-corrected chi connectivity index (χ3v) is 6.40. The predicted octanol–water partition coefficient (Wildman–Crippen LogP) is 1.15. The molecule has 120 valence electrons. The molecule has 21 heavy (non-hydrogen) atoms. The third-order valence-electron chi connectivity index (χ3n) is 3.77. The summed E-state index contributed by atoms with van der Waals surface area (Å²) in [6, 6.07) is 0.0522. The van der Waals surface area contributed by atoms with E-state index in [2.05, 4.69) is 15.0 Å². The van der Waals surface area contributed by atoms with Crippen molar-refractivity contribution < 1.29 is 8.42 Å². The number of thiazole rings is 1. The molecule has 8 heteroatoms. The van der Waals surface area contributed by atoms with E-state index in [9.17, 15) is 8.42 Å². The normalized spacial score (nSPS) is 22.3. The lowest BCUT2D eigenvalue weighted by Crippen LogP contribution is -2.52. The van der Waals surface area contributed by atoms with E-state index in [-0.39, 0.29) is 12.0 Å². The lowest BCUT2D eigenvalue weighted by molar-refractivity contribution is 0.246. The molecule has 1 fully saturated rings. The zero-order chi connectivity index (χ0) is 15.3. The minimum Gasteiger partial charge on any atom is -0.318 e. The van der Waals surface area contributed by atoms with Crippen molar-refractivity contribution in [1.82, 2.24) is 19.3 Å². The van der Waals surface area contributed by atoms with E-state index in [0.29, 0.717) is 19.6 Å². The van der Waals surface area contributed by atoms with Crippen molar-refractivity contribution in [2.45, 2.75) is 38.1 Å². The number of hydrogen-bond acceptors (Lipinski definition) is 5. The molecule has 0 aromatic carbocycles. The Labute approximate surface area is 131 Å². The maximum Gasteiger partial charge on any atom is 0.279 e. The van der Waals surface area contributed by atoms with Crippen LogP contribution in [0, 0.1) is 0 Å². The molecule has 2 atom stereocenters. The Balaban J connectivity index is 1.96. The monoisotopic (exact) mass is 332 g/mol. The molecular weight excluding hydrogens is 308 g/mol. The Kier molecular flexibility index (Phi) is 6.12. The maximum atomic E-state index is 12.5. The second-order valence-corrected chi connectivity index (χ2v) is 8.08. The highest BCUT2D eigenvalue weighted by Crippen LogP contribution is 2.21. The van der Waals surface area contributed by atoms with Gasteiger partial charge in [0.05, 0.1) is 5.01 Å². The molecule has 1 aromatic heterocycles. The summed E-state index contributed by atoms with van der Waals surface area (Å²) in [6.45, 7) is 3.68. The third kappa shape index (κ3) is 4.46. The van der Waals surface area contributed by atoms with Gasteiger partial charge in [-0.15, -0.1) is 11.3 Å². The summed E-state index contributed by atoms with van der Waals surface area (Å²) in [4.78, 5) is 4.23. The van der Waals surface area contributed by atoms with Crippen LogP contribution in [0.4, 0.5) is 0 Å². The predicted molar refractivity (Wildman–Crippen MR) is 85.7 cm³/mol. The number of rotatable bonds is 7. The van der Waals surface area contributed by atoms with Crippen LogP contribution in [-0.2, 0) is 10.2 Å². The van der Waals surface area contributed by atoms with Gasteiger partial charge in [-0.3, -0.25) is 0 Å². The van der Waals surface area contributed by atoms with Crippen molar-refractivity contribution in [3.63, 3.8) is 0 Å². The average Bonchev–Trinajstić information content (AvgIpc) is 3.00. The van der Waals surface area contributed by atoms with E-state index in [1.54, 1.807) is 21.8 Å². The molecule has 1 aliphatic heterocycles. The zero-order valence-electron chi connectivity index (χ0n) is 12.6. The van der Waals surface area contributed by atoms with Crippen molar-refractivity contribution in [1.29, 1.82) is 0 Å². The summed E-state index contributed by atoms with van der Waals surface area (Å²) in [5.74, 6) is 0.0901. The molecule has 2 heterocycles. The highest BCUT2D eigenvalue weighted by Gasteiger charge is 2.31. The second-order valence-electron chi connectivity index (χ2n) is 5.44. The molecular formula is C13H24N4O2S2. The van der Waals surface area contributed by atoms with Gasteiger partial charge >= 0.3 is 0 Å². The van der Waals surface area contributed by atoms with Crippen LogP contribution in [0.3, 0.4) is 0 Å². The summed E-state index contributed by atoms with van der Waals surface area (Å²) in [6.07, 6.45) is 4.69.